The fourth-order valence-electron chi connectivity index (χ4n) is 1.02. The number of hydrogen-bond acceptors (Lipinski definition) is 5. The minimum atomic E-state index is -1.93. The molecule has 1 atom stereocenters. The van der Waals surface area contributed by atoms with Gasteiger partial charge in [-0.3, -0.25) is 4.21 Å². The maximum absolute atomic E-state index is 11.4. The molecular formula is C9H6O5S-2. The van der Waals surface area contributed by atoms with E-state index in [0.717, 1.165) is 0 Å². The Morgan fingerprint density at radius 1 is 1.20 bits per heavy atom. The lowest BCUT2D eigenvalue weighted by atomic mass is 10.2. The fraction of sp³-hybridized carbons (Fsp3) is 0.111. The van der Waals surface area contributed by atoms with E-state index in [0.29, 0.717) is 0 Å². The molecule has 1 aromatic rings. The summed E-state index contributed by atoms with van der Waals surface area (Å²) in [5, 5.41) is 20.8. The highest BCUT2D eigenvalue weighted by Gasteiger charge is 2.09. The highest BCUT2D eigenvalue weighted by molar-refractivity contribution is 7.85. The molecule has 0 fully saturated rings. The maximum atomic E-state index is 11.4. The van der Waals surface area contributed by atoms with Gasteiger partial charge in [0.05, 0.1) is 28.5 Å². The molecule has 0 saturated heterocycles. The zero-order chi connectivity index (χ0) is 11.4. The Kier molecular flexibility index (Phi) is 3.56. The van der Waals surface area contributed by atoms with E-state index < -0.39 is 28.5 Å². The van der Waals surface area contributed by atoms with E-state index in [1.54, 1.807) is 0 Å². The lowest BCUT2D eigenvalue weighted by Gasteiger charge is -2.09. The summed E-state index contributed by atoms with van der Waals surface area (Å²) >= 11 is 0. The average molecular weight is 226 g/mol. The van der Waals surface area contributed by atoms with E-state index in [4.69, 9.17) is 0 Å². The van der Waals surface area contributed by atoms with Gasteiger partial charge in [0.25, 0.3) is 0 Å². The summed E-state index contributed by atoms with van der Waals surface area (Å²) in [5.41, 5.74) is -0.267. The largest absolute Gasteiger partial charge is 0.549 e. The van der Waals surface area contributed by atoms with E-state index in [1.807, 2.05) is 0 Å². The molecule has 1 rings (SSSR count). The number of carboxylic acids is 2. The van der Waals surface area contributed by atoms with Crippen molar-refractivity contribution in [3.05, 3.63) is 29.8 Å². The van der Waals surface area contributed by atoms with Crippen LogP contribution in [0.4, 0.5) is 0 Å². The third kappa shape index (κ3) is 2.88. The summed E-state index contributed by atoms with van der Waals surface area (Å²) < 4.78 is 11.4. The molecule has 0 radical (unpaired) electrons. The molecule has 0 amide bonds. The highest BCUT2D eigenvalue weighted by atomic mass is 32.2. The topological polar surface area (TPSA) is 97.3 Å². The molecule has 0 bridgehead atoms. The second-order valence-corrected chi connectivity index (χ2v) is 4.07. The van der Waals surface area contributed by atoms with Crippen LogP contribution in [0, 0.1) is 0 Å². The average Bonchev–Trinajstić information content (AvgIpc) is 2.16. The number of aromatic carboxylic acids is 1. The van der Waals surface area contributed by atoms with Gasteiger partial charge in [-0.25, -0.2) is 0 Å². The van der Waals surface area contributed by atoms with Crippen LogP contribution < -0.4 is 10.2 Å². The van der Waals surface area contributed by atoms with Crippen molar-refractivity contribution >= 4 is 22.7 Å². The van der Waals surface area contributed by atoms with Crippen LogP contribution in [-0.4, -0.2) is 21.9 Å². The van der Waals surface area contributed by atoms with Gasteiger partial charge in [0, 0.05) is 10.5 Å². The first-order valence-electron chi connectivity index (χ1n) is 3.91. The van der Waals surface area contributed by atoms with Gasteiger partial charge in [-0.2, -0.15) is 0 Å². The third-order valence-corrected chi connectivity index (χ3v) is 2.95. The quantitative estimate of drug-likeness (QED) is 0.586. The number of hydrogen-bond donors (Lipinski definition) is 0. The first-order valence-corrected chi connectivity index (χ1v) is 5.23. The Morgan fingerprint density at radius 3 is 2.33 bits per heavy atom. The molecule has 0 heterocycles. The van der Waals surface area contributed by atoms with Gasteiger partial charge in [0.1, 0.15) is 0 Å². The fourth-order valence-corrected chi connectivity index (χ4v) is 2.02. The summed E-state index contributed by atoms with van der Waals surface area (Å²) in [6, 6.07) is 5.39. The van der Waals surface area contributed by atoms with Crippen LogP contribution in [0.1, 0.15) is 10.4 Å². The van der Waals surface area contributed by atoms with Crippen LogP contribution in [0.3, 0.4) is 0 Å². The maximum Gasteiger partial charge on any atom is 0.0727 e. The molecule has 0 aliphatic rings. The monoisotopic (exact) mass is 226 g/mol. The number of benzene rings is 1. The van der Waals surface area contributed by atoms with Gasteiger partial charge in [0.15, 0.2) is 0 Å². The molecule has 0 aliphatic heterocycles. The molecule has 1 aromatic carbocycles. The van der Waals surface area contributed by atoms with Crippen molar-refractivity contribution in [2.75, 3.05) is 5.75 Å². The Balaban J connectivity index is 3.08. The van der Waals surface area contributed by atoms with Crippen molar-refractivity contribution in [3.8, 4) is 0 Å². The molecule has 0 aromatic heterocycles. The van der Waals surface area contributed by atoms with E-state index in [2.05, 4.69) is 0 Å². The summed E-state index contributed by atoms with van der Waals surface area (Å²) in [7, 11) is -1.93. The molecular weight excluding hydrogens is 220 g/mol. The van der Waals surface area contributed by atoms with Gasteiger partial charge in [-0.1, -0.05) is 18.2 Å². The molecule has 0 N–H and O–H groups in total. The third-order valence-electron chi connectivity index (χ3n) is 1.60. The first kappa shape index (κ1) is 11.4. The number of aliphatic carboxylic acids is 1. The Bertz CT molecular complexity index is 426. The van der Waals surface area contributed by atoms with Crippen LogP contribution >= 0.6 is 0 Å². The van der Waals surface area contributed by atoms with Crippen LogP contribution in [-0.2, 0) is 15.6 Å². The number of carboxylic acid groups (broad SMARTS) is 2. The van der Waals surface area contributed by atoms with E-state index in [9.17, 15) is 24.0 Å². The van der Waals surface area contributed by atoms with Crippen LogP contribution in [0.2, 0.25) is 0 Å². The van der Waals surface area contributed by atoms with E-state index >= 15 is 0 Å². The molecule has 6 heteroatoms. The van der Waals surface area contributed by atoms with Crippen molar-refractivity contribution in [2.45, 2.75) is 4.90 Å². The standard InChI is InChI=1S/C9H8O5S/c10-8(11)5-15(14)7-4-2-1-3-6(7)9(12)13/h1-4H,5H2,(H,10,11)(H,12,13)/p-2/t15-/m1/s1. The zero-order valence-electron chi connectivity index (χ0n) is 7.47. The van der Waals surface area contributed by atoms with Gasteiger partial charge >= 0.3 is 0 Å². The Morgan fingerprint density at radius 2 is 1.80 bits per heavy atom. The predicted octanol–water partition coefficient (Wildman–Crippen LogP) is -2.09. The molecule has 80 valence electrons. The molecule has 0 saturated carbocycles. The molecule has 0 aliphatic carbocycles. The summed E-state index contributed by atoms with van der Waals surface area (Å²) in [5.74, 6) is -3.72. The van der Waals surface area contributed by atoms with Crippen LogP contribution in [0.15, 0.2) is 29.2 Å². The Labute approximate surface area is 87.8 Å². The lowest BCUT2D eigenvalue weighted by Crippen LogP contribution is -2.30. The normalized spacial score (nSPS) is 12.0. The van der Waals surface area contributed by atoms with Crippen molar-refractivity contribution in [1.82, 2.24) is 0 Å². The van der Waals surface area contributed by atoms with Crippen molar-refractivity contribution in [3.63, 3.8) is 0 Å². The van der Waals surface area contributed by atoms with Crippen molar-refractivity contribution in [1.29, 1.82) is 0 Å². The highest BCUT2D eigenvalue weighted by Crippen LogP contribution is 2.12. The second-order valence-electron chi connectivity index (χ2n) is 2.65. The van der Waals surface area contributed by atoms with E-state index in [-0.39, 0.29) is 10.5 Å². The van der Waals surface area contributed by atoms with Crippen LogP contribution in [0.5, 0.6) is 0 Å². The molecule has 0 spiro atoms. The van der Waals surface area contributed by atoms with Gasteiger partial charge < -0.3 is 19.8 Å². The summed E-state index contributed by atoms with van der Waals surface area (Å²) in [4.78, 5) is 20.7. The van der Waals surface area contributed by atoms with Gasteiger partial charge in [-0.15, -0.1) is 0 Å². The van der Waals surface area contributed by atoms with Gasteiger partial charge in [0.2, 0.25) is 0 Å². The van der Waals surface area contributed by atoms with E-state index in [1.165, 1.54) is 24.3 Å². The van der Waals surface area contributed by atoms with Crippen molar-refractivity contribution in [2.24, 2.45) is 0 Å². The van der Waals surface area contributed by atoms with Crippen molar-refractivity contribution < 1.29 is 24.0 Å². The predicted molar refractivity (Wildman–Crippen MR) is 47.1 cm³/mol. The van der Waals surface area contributed by atoms with Crippen LogP contribution in [0.25, 0.3) is 0 Å². The molecule has 5 nitrogen and oxygen atoms in total. The lowest BCUT2D eigenvalue weighted by molar-refractivity contribution is -0.301. The minimum Gasteiger partial charge on any atom is -0.549 e. The molecule has 15 heavy (non-hydrogen) atoms. The minimum absolute atomic E-state index is 0.0679. The Hall–Kier alpha value is -1.69. The second kappa shape index (κ2) is 4.70. The number of carbonyl (C=O) groups excluding carboxylic acids is 2. The smallest absolute Gasteiger partial charge is 0.0727 e. The zero-order valence-corrected chi connectivity index (χ0v) is 8.28. The number of carbonyl (C=O) groups is 2. The summed E-state index contributed by atoms with van der Waals surface area (Å²) in [6.45, 7) is 0. The van der Waals surface area contributed by atoms with Gasteiger partial charge in [-0.05, 0) is 6.07 Å². The number of rotatable bonds is 4. The SMILES string of the molecule is O=C([O-])C[S@@](=O)c1ccccc1C(=O)[O-]. The summed E-state index contributed by atoms with van der Waals surface area (Å²) in [6.07, 6.45) is 0. The first-order chi connectivity index (χ1) is 7.02. The molecule has 0 unspecified atom stereocenters.